The molecule has 2 aromatic heterocycles. The number of amides is 1. The Balaban J connectivity index is 1.70. The largest absolute Gasteiger partial charge is 0.352 e. The van der Waals surface area contributed by atoms with Gasteiger partial charge in [0.2, 0.25) is 5.91 Å². The van der Waals surface area contributed by atoms with Gasteiger partial charge in [0.1, 0.15) is 5.82 Å². The third kappa shape index (κ3) is 3.45. The highest BCUT2D eigenvalue weighted by Crippen LogP contribution is 2.22. The number of aromatic nitrogens is 3. The van der Waals surface area contributed by atoms with Gasteiger partial charge in [-0.1, -0.05) is 6.07 Å². The molecule has 1 aromatic carbocycles. The van der Waals surface area contributed by atoms with E-state index in [-0.39, 0.29) is 5.91 Å². The van der Waals surface area contributed by atoms with Crippen LogP contribution >= 0.6 is 0 Å². The number of hydrogen-bond donors (Lipinski definition) is 1. The minimum absolute atomic E-state index is 0.00572. The van der Waals surface area contributed by atoms with Crippen LogP contribution in [0.4, 0.5) is 0 Å². The lowest BCUT2D eigenvalue weighted by atomic mass is 10.1. The van der Waals surface area contributed by atoms with Crippen molar-refractivity contribution >= 4 is 16.9 Å². The Morgan fingerprint density at radius 2 is 1.92 bits per heavy atom. The lowest BCUT2D eigenvalue weighted by molar-refractivity contribution is -0.120. The lowest BCUT2D eigenvalue weighted by Gasteiger charge is -2.10. The van der Waals surface area contributed by atoms with E-state index in [9.17, 15) is 4.79 Å². The smallest absolute Gasteiger partial charge is 0.224 e. The Labute approximate surface area is 141 Å². The van der Waals surface area contributed by atoms with E-state index in [1.54, 1.807) is 12.4 Å². The second kappa shape index (κ2) is 6.83. The molecule has 0 aliphatic rings. The van der Waals surface area contributed by atoms with E-state index < -0.39 is 0 Å². The van der Waals surface area contributed by atoms with Crippen molar-refractivity contribution < 1.29 is 4.79 Å². The summed E-state index contributed by atoms with van der Waals surface area (Å²) in [4.78, 5) is 20.7. The summed E-state index contributed by atoms with van der Waals surface area (Å²) < 4.78 is 2.21. The molecule has 124 valence electrons. The summed E-state index contributed by atoms with van der Waals surface area (Å²) in [5.74, 6) is 1.01. The number of carbonyl (C=O) groups excluding carboxylic acids is 1. The first kappa shape index (κ1) is 16.2. The molecule has 0 spiro atoms. The molecule has 24 heavy (non-hydrogen) atoms. The molecule has 5 nitrogen and oxygen atoms in total. The molecule has 0 fully saturated rings. The third-order valence-electron chi connectivity index (χ3n) is 4.05. The Hall–Kier alpha value is -2.69. The second-order valence-corrected chi connectivity index (χ2v) is 6.25. The summed E-state index contributed by atoms with van der Waals surface area (Å²) in [6.45, 7) is 6.83. The number of nitrogens with zero attached hydrogens (tertiary/aromatic N) is 3. The first-order chi connectivity index (χ1) is 11.5. The van der Waals surface area contributed by atoms with Gasteiger partial charge in [0, 0.05) is 25.0 Å². The van der Waals surface area contributed by atoms with E-state index in [1.165, 1.54) is 0 Å². The Morgan fingerprint density at radius 1 is 1.17 bits per heavy atom. The van der Waals surface area contributed by atoms with E-state index >= 15 is 0 Å². The molecule has 1 amide bonds. The van der Waals surface area contributed by atoms with Crippen molar-refractivity contribution in [1.29, 1.82) is 0 Å². The van der Waals surface area contributed by atoms with Gasteiger partial charge in [0.05, 0.1) is 17.5 Å². The number of rotatable bonds is 5. The van der Waals surface area contributed by atoms with Crippen LogP contribution in [0.3, 0.4) is 0 Å². The van der Waals surface area contributed by atoms with Gasteiger partial charge < -0.3 is 9.88 Å². The molecule has 3 rings (SSSR count). The van der Waals surface area contributed by atoms with Gasteiger partial charge >= 0.3 is 0 Å². The molecule has 0 aliphatic carbocycles. The Kier molecular flexibility index (Phi) is 4.60. The molecule has 0 saturated carbocycles. The standard InChI is InChI=1S/C19H22N4O/c1-13(2)23-14(3)22-17-10-16(4-5-18(17)23)11-19(24)21-12-15-6-8-20-9-7-15/h4-10,13H,11-12H2,1-3H3,(H,21,24). The highest BCUT2D eigenvalue weighted by molar-refractivity contribution is 5.82. The fraction of sp³-hybridized carbons (Fsp3) is 0.316. The van der Waals surface area contributed by atoms with Crippen LogP contribution in [0.5, 0.6) is 0 Å². The van der Waals surface area contributed by atoms with Crippen LogP contribution in [0, 0.1) is 6.92 Å². The van der Waals surface area contributed by atoms with Crippen LogP contribution in [0.15, 0.2) is 42.7 Å². The zero-order valence-electron chi connectivity index (χ0n) is 14.3. The molecule has 0 unspecified atom stereocenters. The van der Waals surface area contributed by atoms with Gasteiger partial charge in [-0.3, -0.25) is 9.78 Å². The van der Waals surface area contributed by atoms with Gasteiger partial charge in [-0.05, 0) is 56.2 Å². The highest BCUT2D eigenvalue weighted by Gasteiger charge is 2.11. The van der Waals surface area contributed by atoms with Gasteiger partial charge in [-0.15, -0.1) is 0 Å². The van der Waals surface area contributed by atoms with E-state index in [0.717, 1.165) is 28.0 Å². The summed E-state index contributed by atoms with van der Waals surface area (Å²) in [6, 6.07) is 10.2. The lowest BCUT2D eigenvalue weighted by Crippen LogP contribution is -2.24. The van der Waals surface area contributed by atoms with Crippen LogP contribution in [0.25, 0.3) is 11.0 Å². The summed E-state index contributed by atoms with van der Waals surface area (Å²) in [7, 11) is 0. The fourth-order valence-corrected chi connectivity index (χ4v) is 2.98. The maximum Gasteiger partial charge on any atom is 0.224 e. The molecule has 0 atom stereocenters. The molecule has 0 saturated heterocycles. The second-order valence-electron chi connectivity index (χ2n) is 6.25. The zero-order chi connectivity index (χ0) is 17.1. The van der Waals surface area contributed by atoms with Crippen molar-refractivity contribution in [3.63, 3.8) is 0 Å². The monoisotopic (exact) mass is 322 g/mol. The summed E-state index contributed by atoms with van der Waals surface area (Å²) in [6.07, 6.45) is 3.81. The van der Waals surface area contributed by atoms with Crippen molar-refractivity contribution in [2.75, 3.05) is 0 Å². The van der Waals surface area contributed by atoms with E-state index in [4.69, 9.17) is 0 Å². The summed E-state index contributed by atoms with van der Waals surface area (Å²) in [5, 5.41) is 2.94. The summed E-state index contributed by atoms with van der Waals surface area (Å²) >= 11 is 0. The molecule has 1 N–H and O–H groups in total. The van der Waals surface area contributed by atoms with Crippen molar-refractivity contribution in [1.82, 2.24) is 19.9 Å². The van der Waals surface area contributed by atoms with Gasteiger partial charge in [-0.25, -0.2) is 4.98 Å². The van der Waals surface area contributed by atoms with Crippen LogP contribution in [-0.4, -0.2) is 20.4 Å². The maximum absolute atomic E-state index is 12.1. The van der Waals surface area contributed by atoms with Gasteiger partial charge in [-0.2, -0.15) is 0 Å². The Morgan fingerprint density at radius 3 is 2.62 bits per heavy atom. The van der Waals surface area contributed by atoms with Crippen molar-refractivity contribution in [3.05, 3.63) is 59.7 Å². The number of fused-ring (bicyclic) bond motifs is 1. The van der Waals surface area contributed by atoms with Crippen molar-refractivity contribution in [2.45, 2.75) is 39.8 Å². The number of imidazole rings is 1. The molecule has 0 aliphatic heterocycles. The average molecular weight is 322 g/mol. The number of hydrogen-bond acceptors (Lipinski definition) is 3. The van der Waals surface area contributed by atoms with Crippen LogP contribution in [0.1, 0.15) is 36.8 Å². The first-order valence-corrected chi connectivity index (χ1v) is 8.17. The topological polar surface area (TPSA) is 59.8 Å². The number of benzene rings is 1. The Bertz CT molecular complexity index is 852. The van der Waals surface area contributed by atoms with Crippen molar-refractivity contribution in [3.8, 4) is 0 Å². The quantitative estimate of drug-likeness (QED) is 0.785. The van der Waals surface area contributed by atoms with E-state index in [0.29, 0.717) is 19.0 Å². The predicted molar refractivity (Wildman–Crippen MR) is 94.6 cm³/mol. The maximum atomic E-state index is 12.1. The molecule has 2 heterocycles. The summed E-state index contributed by atoms with van der Waals surface area (Å²) in [5.41, 5.74) is 4.08. The van der Waals surface area contributed by atoms with Gasteiger partial charge in [0.15, 0.2) is 0 Å². The fourth-order valence-electron chi connectivity index (χ4n) is 2.98. The number of aryl methyl sites for hydroxylation is 1. The minimum atomic E-state index is 0.00572. The molecule has 5 heteroatoms. The van der Waals surface area contributed by atoms with E-state index in [1.807, 2.05) is 31.2 Å². The molecule has 0 bridgehead atoms. The molecular weight excluding hydrogens is 300 g/mol. The zero-order valence-corrected chi connectivity index (χ0v) is 14.3. The third-order valence-corrected chi connectivity index (χ3v) is 4.05. The molecule has 3 aromatic rings. The first-order valence-electron chi connectivity index (χ1n) is 8.17. The average Bonchev–Trinajstić information content (AvgIpc) is 2.89. The molecule has 0 radical (unpaired) electrons. The predicted octanol–water partition coefficient (Wildman–Crippen LogP) is 3.18. The van der Waals surface area contributed by atoms with Crippen LogP contribution in [-0.2, 0) is 17.8 Å². The van der Waals surface area contributed by atoms with Crippen LogP contribution < -0.4 is 5.32 Å². The number of nitrogens with one attached hydrogen (secondary N) is 1. The minimum Gasteiger partial charge on any atom is -0.352 e. The van der Waals surface area contributed by atoms with Gasteiger partial charge in [0.25, 0.3) is 0 Å². The molecular formula is C19H22N4O. The van der Waals surface area contributed by atoms with E-state index in [2.05, 4.69) is 39.8 Å². The number of carbonyl (C=O) groups is 1. The normalized spacial score (nSPS) is 11.2. The SMILES string of the molecule is Cc1nc2cc(CC(=O)NCc3ccncc3)ccc2n1C(C)C. The number of pyridine rings is 1. The highest BCUT2D eigenvalue weighted by atomic mass is 16.1. The van der Waals surface area contributed by atoms with Crippen molar-refractivity contribution in [2.24, 2.45) is 0 Å². The van der Waals surface area contributed by atoms with Crippen LogP contribution in [0.2, 0.25) is 0 Å².